The highest BCUT2D eigenvalue weighted by Crippen LogP contribution is 2.29. The van der Waals surface area contributed by atoms with Crippen LogP contribution in [0.15, 0.2) is 17.2 Å². The van der Waals surface area contributed by atoms with E-state index in [1.165, 1.54) is 4.90 Å². The Hall–Kier alpha value is -2.83. The van der Waals surface area contributed by atoms with E-state index in [4.69, 9.17) is 4.74 Å². The minimum absolute atomic E-state index is 0.0990. The van der Waals surface area contributed by atoms with Crippen molar-refractivity contribution in [2.45, 2.75) is 117 Å². The molecule has 45 heavy (non-hydrogen) atoms. The van der Waals surface area contributed by atoms with Gasteiger partial charge in [0.2, 0.25) is 17.7 Å². The van der Waals surface area contributed by atoms with Gasteiger partial charge in [-0.15, -0.1) is 11.3 Å². The number of allylic oxidation sites excluding steroid dienone is 2. The van der Waals surface area contributed by atoms with Crippen molar-refractivity contribution in [3.8, 4) is 0 Å². The number of ether oxygens (including phenoxy) is 1. The van der Waals surface area contributed by atoms with E-state index in [1.807, 2.05) is 40.8 Å². The molecule has 0 radical (unpaired) electrons. The monoisotopic (exact) mass is 649 g/mol. The standard InChI is InChI=1S/C33H55N5O6S/c1-7-23(5)30(37-28(40)17-13-10-14-18-34-6)32(42)38(20-29(41)35-24-15-11-9-12-16-24)26(22(3)4)19-27(39)31-36-25(21-45-31)33(43)44-8-2/h15,21-23,26-27,30,34,39H,7-14,16-20H2,1-6H3,(H,35,41)(H,37,40). The summed E-state index contributed by atoms with van der Waals surface area (Å²) in [5.74, 6) is -1.74. The van der Waals surface area contributed by atoms with Crippen molar-refractivity contribution in [3.63, 3.8) is 0 Å². The van der Waals surface area contributed by atoms with Crippen LogP contribution in [0, 0.1) is 11.8 Å². The lowest BCUT2D eigenvalue weighted by molar-refractivity contribution is -0.144. The predicted octanol–water partition coefficient (Wildman–Crippen LogP) is 4.48. The van der Waals surface area contributed by atoms with E-state index in [0.717, 1.165) is 68.5 Å². The maximum Gasteiger partial charge on any atom is 0.357 e. The van der Waals surface area contributed by atoms with Crippen molar-refractivity contribution < 1.29 is 29.0 Å². The van der Waals surface area contributed by atoms with Gasteiger partial charge in [0.15, 0.2) is 5.69 Å². The molecule has 1 heterocycles. The van der Waals surface area contributed by atoms with E-state index < -0.39 is 24.2 Å². The van der Waals surface area contributed by atoms with Crippen molar-refractivity contribution in [1.82, 2.24) is 25.8 Å². The Bertz CT molecular complexity index is 1120. The molecule has 0 aromatic carbocycles. The molecule has 3 amide bonds. The van der Waals surface area contributed by atoms with Gasteiger partial charge in [0.25, 0.3) is 0 Å². The lowest BCUT2D eigenvalue weighted by Crippen LogP contribution is -2.57. The second-order valence-electron chi connectivity index (χ2n) is 12.2. The number of nitrogens with one attached hydrogen (secondary N) is 3. The molecule has 0 bridgehead atoms. The van der Waals surface area contributed by atoms with E-state index in [1.54, 1.807) is 12.3 Å². The normalized spacial score (nSPS) is 15.9. The van der Waals surface area contributed by atoms with Crippen LogP contribution in [-0.4, -0.2) is 77.5 Å². The molecule has 1 aliphatic rings. The Morgan fingerprint density at radius 3 is 2.47 bits per heavy atom. The maximum atomic E-state index is 14.4. The molecule has 12 heteroatoms. The van der Waals surface area contributed by atoms with E-state index in [2.05, 4.69) is 20.9 Å². The molecule has 2 rings (SSSR count). The van der Waals surface area contributed by atoms with Crippen LogP contribution in [-0.2, 0) is 19.1 Å². The van der Waals surface area contributed by atoms with Gasteiger partial charge >= 0.3 is 5.97 Å². The van der Waals surface area contributed by atoms with E-state index >= 15 is 0 Å². The molecule has 1 aromatic heterocycles. The van der Waals surface area contributed by atoms with Crippen molar-refractivity contribution in [3.05, 3.63) is 27.9 Å². The number of carbonyl (C=O) groups is 4. The molecule has 254 valence electrons. The highest BCUT2D eigenvalue weighted by atomic mass is 32.1. The highest BCUT2D eigenvalue weighted by molar-refractivity contribution is 7.09. The number of nitrogens with zero attached hydrogens (tertiary/aromatic N) is 2. The molecule has 0 aliphatic heterocycles. The lowest BCUT2D eigenvalue weighted by atomic mass is 9.92. The highest BCUT2D eigenvalue weighted by Gasteiger charge is 2.37. The number of carbonyl (C=O) groups excluding carboxylic acids is 4. The molecule has 4 N–H and O–H groups in total. The fourth-order valence-corrected chi connectivity index (χ4v) is 6.17. The molecule has 1 aromatic rings. The second kappa shape index (κ2) is 20.3. The Morgan fingerprint density at radius 2 is 1.84 bits per heavy atom. The number of aliphatic hydroxyl groups is 1. The third-order valence-corrected chi connectivity index (χ3v) is 9.19. The number of hydrogen-bond donors (Lipinski definition) is 4. The first-order valence-electron chi connectivity index (χ1n) is 16.6. The van der Waals surface area contributed by atoms with Gasteiger partial charge in [0.05, 0.1) is 6.61 Å². The summed E-state index contributed by atoms with van der Waals surface area (Å²) in [6, 6.07) is -1.38. The molecule has 11 nitrogen and oxygen atoms in total. The Morgan fingerprint density at radius 1 is 1.09 bits per heavy atom. The largest absolute Gasteiger partial charge is 0.461 e. The first kappa shape index (κ1) is 38.4. The summed E-state index contributed by atoms with van der Waals surface area (Å²) < 4.78 is 5.03. The van der Waals surface area contributed by atoms with Gasteiger partial charge in [0, 0.05) is 30.0 Å². The van der Waals surface area contributed by atoms with Crippen molar-refractivity contribution in [1.29, 1.82) is 0 Å². The first-order valence-corrected chi connectivity index (χ1v) is 17.4. The van der Waals surface area contributed by atoms with Gasteiger partial charge in [-0.2, -0.15) is 0 Å². The molecule has 0 spiro atoms. The average Bonchev–Trinajstić information content (AvgIpc) is 3.52. The average molecular weight is 650 g/mol. The van der Waals surface area contributed by atoms with Gasteiger partial charge in [-0.1, -0.05) is 46.6 Å². The number of esters is 1. The zero-order valence-electron chi connectivity index (χ0n) is 28.0. The van der Waals surface area contributed by atoms with E-state index in [-0.39, 0.29) is 54.8 Å². The summed E-state index contributed by atoms with van der Waals surface area (Å²) in [7, 11) is 1.90. The third-order valence-electron chi connectivity index (χ3n) is 8.24. The predicted molar refractivity (Wildman–Crippen MR) is 176 cm³/mol. The number of unbranched alkanes of at least 4 members (excludes halogenated alkanes) is 2. The summed E-state index contributed by atoms with van der Waals surface area (Å²) in [6.07, 6.45) is 8.35. The fourth-order valence-electron chi connectivity index (χ4n) is 5.38. The van der Waals surface area contributed by atoms with Crippen molar-refractivity contribution in [2.24, 2.45) is 11.8 Å². The van der Waals surface area contributed by atoms with Crippen LogP contribution in [0.2, 0.25) is 0 Å². The topological polar surface area (TPSA) is 150 Å². The summed E-state index contributed by atoms with van der Waals surface area (Å²) in [4.78, 5) is 58.8. The van der Waals surface area contributed by atoms with Gasteiger partial charge in [-0.25, -0.2) is 9.78 Å². The number of aliphatic hydroxyl groups excluding tert-OH is 1. The number of thiazole rings is 1. The number of amides is 3. The quantitative estimate of drug-likeness (QED) is 0.119. The minimum Gasteiger partial charge on any atom is -0.461 e. The Balaban J connectivity index is 2.33. The van der Waals surface area contributed by atoms with Crippen LogP contribution >= 0.6 is 11.3 Å². The van der Waals surface area contributed by atoms with Gasteiger partial charge in [0.1, 0.15) is 23.7 Å². The van der Waals surface area contributed by atoms with Crippen LogP contribution in [0.3, 0.4) is 0 Å². The molecule has 4 atom stereocenters. The molecule has 0 saturated heterocycles. The van der Waals surface area contributed by atoms with E-state index in [0.29, 0.717) is 17.8 Å². The third kappa shape index (κ3) is 12.8. The van der Waals surface area contributed by atoms with Gasteiger partial charge < -0.3 is 30.7 Å². The maximum absolute atomic E-state index is 14.4. The molecular formula is C33H55N5O6S. The van der Waals surface area contributed by atoms with Crippen LogP contribution in [0.1, 0.15) is 120 Å². The van der Waals surface area contributed by atoms with Crippen LogP contribution in [0.4, 0.5) is 0 Å². The van der Waals surface area contributed by atoms with Gasteiger partial charge in [-0.3, -0.25) is 14.4 Å². The Kier molecular flexibility index (Phi) is 17.3. The molecule has 0 fully saturated rings. The van der Waals surface area contributed by atoms with Crippen LogP contribution < -0.4 is 16.0 Å². The summed E-state index contributed by atoms with van der Waals surface area (Å²) in [6.45, 7) is 10.4. The van der Waals surface area contributed by atoms with E-state index in [9.17, 15) is 24.3 Å². The Labute approximate surface area is 273 Å². The van der Waals surface area contributed by atoms with Crippen molar-refractivity contribution in [2.75, 3.05) is 26.7 Å². The molecular weight excluding hydrogens is 594 g/mol. The second-order valence-corrected chi connectivity index (χ2v) is 13.1. The summed E-state index contributed by atoms with van der Waals surface area (Å²) in [5, 5.41) is 22.2. The zero-order chi connectivity index (χ0) is 33.4. The number of hydrogen-bond acceptors (Lipinski definition) is 9. The number of rotatable bonds is 20. The van der Waals surface area contributed by atoms with Crippen LogP contribution in [0.25, 0.3) is 0 Å². The summed E-state index contributed by atoms with van der Waals surface area (Å²) in [5.41, 5.74) is 0.981. The SMILES string of the molecule is CCOC(=O)c1csc(C(O)CC(C(C)C)N(CC(=O)NC2=CCCCC2)C(=O)C(NC(=O)CCCCCNC)C(C)CC)n1. The fraction of sp³-hybridized carbons (Fsp3) is 0.727. The van der Waals surface area contributed by atoms with Crippen molar-refractivity contribution >= 4 is 35.0 Å². The first-order chi connectivity index (χ1) is 21.5. The molecule has 1 aliphatic carbocycles. The number of aromatic nitrogens is 1. The molecule has 4 unspecified atom stereocenters. The lowest BCUT2D eigenvalue weighted by Gasteiger charge is -2.38. The summed E-state index contributed by atoms with van der Waals surface area (Å²) >= 11 is 1.15. The smallest absolute Gasteiger partial charge is 0.357 e. The van der Waals surface area contributed by atoms with Crippen LogP contribution in [0.5, 0.6) is 0 Å². The zero-order valence-corrected chi connectivity index (χ0v) is 28.8. The minimum atomic E-state index is -1.08. The molecule has 0 saturated carbocycles. The van der Waals surface area contributed by atoms with Gasteiger partial charge in [-0.05, 0) is 70.9 Å².